The Morgan fingerprint density at radius 3 is 2.29 bits per heavy atom. The summed E-state index contributed by atoms with van der Waals surface area (Å²) in [6.07, 6.45) is 1.79. The van der Waals surface area contributed by atoms with Crippen LogP contribution >= 0.6 is 23.2 Å². The molecule has 0 aliphatic carbocycles. The number of nitrogens with one attached hydrogen (secondary N) is 1. The van der Waals surface area contributed by atoms with Gasteiger partial charge in [0, 0.05) is 29.6 Å². The molecule has 1 amide bonds. The second-order valence-electron chi connectivity index (χ2n) is 6.80. The molecule has 0 unspecified atom stereocenters. The van der Waals surface area contributed by atoms with Gasteiger partial charge in [0.15, 0.2) is 0 Å². The molecule has 0 aliphatic rings. The van der Waals surface area contributed by atoms with Crippen molar-refractivity contribution in [2.75, 3.05) is 17.1 Å². The van der Waals surface area contributed by atoms with Gasteiger partial charge in [0.05, 0.1) is 11.9 Å². The van der Waals surface area contributed by atoms with Gasteiger partial charge in [0.2, 0.25) is 15.9 Å². The maximum Gasteiger partial charge on any atom is 0.232 e. The van der Waals surface area contributed by atoms with E-state index < -0.39 is 10.0 Å². The number of benzene rings is 2. The van der Waals surface area contributed by atoms with Crippen molar-refractivity contribution in [2.45, 2.75) is 33.2 Å². The van der Waals surface area contributed by atoms with Gasteiger partial charge in [-0.1, -0.05) is 35.3 Å². The van der Waals surface area contributed by atoms with Crippen LogP contribution in [0.5, 0.6) is 0 Å². The Kier molecular flexibility index (Phi) is 7.75. The fourth-order valence-electron chi connectivity index (χ4n) is 2.91. The van der Waals surface area contributed by atoms with E-state index in [1.165, 1.54) is 10.6 Å². The lowest BCUT2D eigenvalue weighted by Gasteiger charge is -2.23. The summed E-state index contributed by atoms with van der Waals surface area (Å²) in [4.78, 5) is 12.1. The Morgan fingerprint density at radius 1 is 1.07 bits per heavy atom. The highest BCUT2D eigenvalue weighted by Crippen LogP contribution is 2.22. The second-order valence-corrected chi connectivity index (χ2v) is 9.55. The quantitative estimate of drug-likeness (QED) is 0.655. The Labute approximate surface area is 176 Å². The summed E-state index contributed by atoms with van der Waals surface area (Å²) < 4.78 is 25.8. The smallest absolute Gasteiger partial charge is 0.232 e. The molecule has 2 aromatic rings. The van der Waals surface area contributed by atoms with Crippen LogP contribution in [0.3, 0.4) is 0 Å². The number of hydrogen-bond acceptors (Lipinski definition) is 3. The Bertz CT molecular complexity index is 942. The standard InChI is InChI=1S/C20H24Cl2N2O3S/c1-14-9-15(2)11-18(10-14)24(28(3,26)27)8-4-5-20(25)23-13-16-6-7-17(21)12-19(16)22/h6-7,9-12H,4-5,8,13H2,1-3H3,(H,23,25). The number of aryl methyl sites for hydroxylation is 2. The monoisotopic (exact) mass is 442 g/mol. The number of anilines is 1. The Morgan fingerprint density at radius 2 is 1.71 bits per heavy atom. The predicted molar refractivity (Wildman–Crippen MR) is 116 cm³/mol. The summed E-state index contributed by atoms with van der Waals surface area (Å²) >= 11 is 12.0. The summed E-state index contributed by atoms with van der Waals surface area (Å²) in [5, 5.41) is 3.82. The summed E-state index contributed by atoms with van der Waals surface area (Å²) in [6, 6.07) is 10.7. The van der Waals surface area contributed by atoms with Crippen LogP contribution in [0, 0.1) is 13.8 Å². The highest BCUT2D eigenvalue weighted by Gasteiger charge is 2.18. The van der Waals surface area contributed by atoms with Crippen molar-refractivity contribution >= 4 is 44.8 Å². The van der Waals surface area contributed by atoms with Gasteiger partial charge in [0.25, 0.3) is 0 Å². The van der Waals surface area contributed by atoms with Crippen LogP contribution in [0.2, 0.25) is 10.0 Å². The molecule has 0 radical (unpaired) electrons. The molecule has 0 spiro atoms. The molecule has 5 nitrogen and oxygen atoms in total. The number of rotatable bonds is 8. The van der Waals surface area contributed by atoms with E-state index in [9.17, 15) is 13.2 Å². The number of carbonyl (C=O) groups is 1. The molecule has 0 heterocycles. The molecule has 0 saturated heterocycles. The number of nitrogens with zero attached hydrogens (tertiary/aromatic N) is 1. The average Bonchev–Trinajstić information content (AvgIpc) is 2.55. The maximum absolute atomic E-state index is 12.2. The normalized spacial score (nSPS) is 11.3. The molecule has 0 fully saturated rings. The SMILES string of the molecule is Cc1cc(C)cc(N(CCCC(=O)NCc2ccc(Cl)cc2Cl)S(C)(=O)=O)c1. The molecule has 0 aliphatic heterocycles. The van der Waals surface area contributed by atoms with Gasteiger partial charge in [-0.25, -0.2) is 8.42 Å². The molecule has 8 heteroatoms. The van der Waals surface area contributed by atoms with Crippen molar-refractivity contribution in [2.24, 2.45) is 0 Å². The third kappa shape index (κ3) is 6.69. The molecule has 28 heavy (non-hydrogen) atoms. The van der Waals surface area contributed by atoms with Crippen molar-refractivity contribution in [3.63, 3.8) is 0 Å². The van der Waals surface area contributed by atoms with Crippen LogP contribution in [-0.4, -0.2) is 27.1 Å². The van der Waals surface area contributed by atoms with Crippen molar-refractivity contribution in [1.29, 1.82) is 0 Å². The van der Waals surface area contributed by atoms with Gasteiger partial charge < -0.3 is 5.32 Å². The second kappa shape index (κ2) is 9.63. The molecule has 0 aromatic heterocycles. The number of halogens is 2. The van der Waals surface area contributed by atoms with Crippen molar-refractivity contribution < 1.29 is 13.2 Å². The van der Waals surface area contributed by atoms with E-state index in [2.05, 4.69) is 5.32 Å². The highest BCUT2D eigenvalue weighted by atomic mass is 35.5. The minimum atomic E-state index is -3.44. The van der Waals surface area contributed by atoms with E-state index in [1.54, 1.807) is 18.2 Å². The fraction of sp³-hybridized carbons (Fsp3) is 0.350. The van der Waals surface area contributed by atoms with Crippen LogP contribution < -0.4 is 9.62 Å². The molecule has 2 rings (SSSR count). The number of hydrogen-bond donors (Lipinski definition) is 1. The minimum absolute atomic E-state index is 0.167. The number of sulfonamides is 1. The van der Waals surface area contributed by atoms with Gasteiger partial charge in [-0.15, -0.1) is 0 Å². The number of carbonyl (C=O) groups excluding carboxylic acids is 1. The Balaban J connectivity index is 1.94. The maximum atomic E-state index is 12.2. The Hall–Kier alpha value is -1.76. The lowest BCUT2D eigenvalue weighted by atomic mass is 10.1. The van der Waals surface area contributed by atoms with E-state index in [0.29, 0.717) is 28.7 Å². The molecular weight excluding hydrogens is 419 g/mol. The summed E-state index contributed by atoms with van der Waals surface area (Å²) in [5.41, 5.74) is 3.36. The van der Waals surface area contributed by atoms with Crippen molar-refractivity contribution in [1.82, 2.24) is 5.32 Å². The molecule has 1 N–H and O–H groups in total. The van der Waals surface area contributed by atoms with E-state index >= 15 is 0 Å². The first-order valence-corrected chi connectivity index (χ1v) is 11.4. The van der Waals surface area contributed by atoms with Gasteiger partial charge >= 0.3 is 0 Å². The summed E-state index contributed by atoms with van der Waals surface area (Å²) in [5.74, 6) is -0.167. The molecule has 0 bridgehead atoms. The molecule has 0 atom stereocenters. The van der Waals surface area contributed by atoms with Gasteiger partial charge in [-0.05, 0) is 61.2 Å². The highest BCUT2D eigenvalue weighted by molar-refractivity contribution is 7.92. The van der Waals surface area contributed by atoms with E-state index in [4.69, 9.17) is 23.2 Å². The summed E-state index contributed by atoms with van der Waals surface area (Å²) in [7, 11) is -3.44. The first kappa shape index (κ1) is 22.5. The zero-order valence-electron chi connectivity index (χ0n) is 16.1. The fourth-order valence-corrected chi connectivity index (χ4v) is 4.34. The van der Waals surface area contributed by atoms with Crippen LogP contribution in [0.25, 0.3) is 0 Å². The zero-order valence-corrected chi connectivity index (χ0v) is 18.5. The summed E-state index contributed by atoms with van der Waals surface area (Å²) in [6.45, 7) is 4.37. The van der Waals surface area contributed by atoms with Crippen molar-refractivity contribution in [3.05, 3.63) is 63.1 Å². The van der Waals surface area contributed by atoms with Crippen LogP contribution in [0.1, 0.15) is 29.5 Å². The molecule has 0 saturated carbocycles. The van der Waals surface area contributed by atoms with E-state index in [-0.39, 0.29) is 18.9 Å². The predicted octanol–water partition coefficient (Wildman–Crippen LogP) is 4.47. The average molecular weight is 443 g/mol. The van der Waals surface area contributed by atoms with Crippen LogP contribution in [0.15, 0.2) is 36.4 Å². The minimum Gasteiger partial charge on any atom is -0.352 e. The molecule has 2 aromatic carbocycles. The van der Waals surface area contributed by atoms with E-state index in [1.807, 2.05) is 32.0 Å². The molecule has 152 valence electrons. The van der Waals surface area contributed by atoms with Crippen LogP contribution in [0.4, 0.5) is 5.69 Å². The lowest BCUT2D eigenvalue weighted by Crippen LogP contribution is -2.32. The van der Waals surface area contributed by atoms with Gasteiger partial charge in [0.1, 0.15) is 0 Å². The zero-order chi connectivity index (χ0) is 20.9. The molecular formula is C20H24Cl2N2O3S. The third-order valence-electron chi connectivity index (χ3n) is 4.15. The lowest BCUT2D eigenvalue weighted by molar-refractivity contribution is -0.121. The largest absolute Gasteiger partial charge is 0.352 e. The van der Waals surface area contributed by atoms with E-state index in [0.717, 1.165) is 16.7 Å². The van der Waals surface area contributed by atoms with Crippen molar-refractivity contribution in [3.8, 4) is 0 Å². The first-order chi connectivity index (χ1) is 13.1. The topological polar surface area (TPSA) is 66.5 Å². The van der Waals surface area contributed by atoms with Gasteiger partial charge in [-0.2, -0.15) is 0 Å². The van der Waals surface area contributed by atoms with Gasteiger partial charge in [-0.3, -0.25) is 9.10 Å². The third-order valence-corrected chi connectivity index (χ3v) is 5.93. The van der Waals surface area contributed by atoms with Crippen LogP contribution in [-0.2, 0) is 21.4 Å². The first-order valence-electron chi connectivity index (χ1n) is 8.83. The number of amides is 1.